The second-order valence-corrected chi connectivity index (χ2v) is 11.2. The van der Waals surface area contributed by atoms with E-state index in [0.717, 1.165) is 24.2 Å². The minimum Gasteiger partial charge on any atom is -0.497 e. The molecule has 0 radical (unpaired) electrons. The molecule has 6 rings (SSSR count). The molecule has 0 spiro atoms. The van der Waals surface area contributed by atoms with Crippen LogP contribution in [0, 0.1) is 11.7 Å². The van der Waals surface area contributed by atoms with Crippen molar-refractivity contribution in [2.75, 3.05) is 46.4 Å². The first-order valence-corrected chi connectivity index (χ1v) is 14.5. The predicted molar refractivity (Wildman–Crippen MR) is 157 cm³/mol. The van der Waals surface area contributed by atoms with Gasteiger partial charge in [0, 0.05) is 38.3 Å². The van der Waals surface area contributed by atoms with E-state index in [0.29, 0.717) is 67.6 Å². The molecule has 224 valence electrons. The van der Waals surface area contributed by atoms with Crippen molar-refractivity contribution in [3.8, 4) is 5.75 Å². The van der Waals surface area contributed by atoms with Crippen LogP contribution in [0.3, 0.4) is 0 Å². The van der Waals surface area contributed by atoms with Gasteiger partial charge in [0.2, 0.25) is 5.91 Å². The minimum absolute atomic E-state index is 0.0387. The monoisotopic (exact) mass is 587 g/mol. The second-order valence-electron chi connectivity index (χ2n) is 11.2. The van der Waals surface area contributed by atoms with Crippen LogP contribution in [0.4, 0.5) is 4.39 Å². The van der Waals surface area contributed by atoms with Crippen molar-refractivity contribution in [2.24, 2.45) is 5.92 Å². The number of nitrogens with one attached hydrogen (secondary N) is 1. The van der Waals surface area contributed by atoms with Crippen molar-refractivity contribution >= 4 is 22.8 Å². The summed E-state index contributed by atoms with van der Waals surface area (Å²) in [5, 5.41) is 4.40. The topological polar surface area (TPSA) is 117 Å². The molecule has 1 N–H and O–H groups in total. The molecule has 4 aromatic rings. The molecule has 43 heavy (non-hydrogen) atoms. The van der Waals surface area contributed by atoms with E-state index < -0.39 is 0 Å². The Labute approximate surface area is 247 Å². The van der Waals surface area contributed by atoms with Crippen molar-refractivity contribution < 1.29 is 18.7 Å². The van der Waals surface area contributed by atoms with Crippen LogP contribution in [0.15, 0.2) is 59.5 Å². The molecule has 1 saturated heterocycles. The maximum Gasteiger partial charge on any atom is 0.277 e. The molecule has 11 nitrogen and oxygen atoms in total. The third-order valence-corrected chi connectivity index (χ3v) is 8.02. The molecule has 0 unspecified atom stereocenters. The Morgan fingerprint density at radius 2 is 1.77 bits per heavy atom. The number of aromatic nitrogens is 4. The highest BCUT2D eigenvalue weighted by molar-refractivity contribution is 5.94. The van der Waals surface area contributed by atoms with Gasteiger partial charge in [-0.2, -0.15) is 5.10 Å². The molecule has 2 aromatic carbocycles. The number of piperazine rings is 1. The van der Waals surface area contributed by atoms with Crippen LogP contribution in [0.5, 0.6) is 5.75 Å². The van der Waals surface area contributed by atoms with Gasteiger partial charge in [0.1, 0.15) is 22.9 Å². The first kappa shape index (κ1) is 28.5. The summed E-state index contributed by atoms with van der Waals surface area (Å²) in [5.74, 6) is 1.07. The number of carbonyl (C=O) groups excluding carboxylic acids is 2. The normalized spacial score (nSPS) is 15.5. The SMILES string of the molecule is COc1ccc(Cn2ncc3nc(CN(CC4CC4)C(=O)CN4CCN(C(=O)c5ccc(F)cc5)CC4)[nH]c(=O)c32)cc1. The van der Waals surface area contributed by atoms with Crippen molar-refractivity contribution in [1.82, 2.24) is 34.4 Å². The van der Waals surface area contributed by atoms with Crippen molar-refractivity contribution in [2.45, 2.75) is 25.9 Å². The van der Waals surface area contributed by atoms with Crippen LogP contribution in [-0.2, 0) is 17.9 Å². The highest BCUT2D eigenvalue weighted by Gasteiger charge is 2.30. The number of methoxy groups -OCH3 is 1. The summed E-state index contributed by atoms with van der Waals surface area (Å²) < 4.78 is 20.1. The lowest BCUT2D eigenvalue weighted by Gasteiger charge is -2.35. The predicted octanol–water partition coefficient (Wildman–Crippen LogP) is 2.51. The Balaban J connectivity index is 1.09. The Morgan fingerprint density at radius 1 is 1.05 bits per heavy atom. The average molecular weight is 588 g/mol. The zero-order valence-electron chi connectivity index (χ0n) is 24.0. The highest BCUT2D eigenvalue weighted by Crippen LogP contribution is 2.30. The summed E-state index contributed by atoms with van der Waals surface area (Å²) in [7, 11) is 1.61. The number of halogens is 1. The summed E-state index contributed by atoms with van der Waals surface area (Å²) >= 11 is 0. The van der Waals surface area contributed by atoms with E-state index in [2.05, 4.69) is 15.1 Å². The van der Waals surface area contributed by atoms with Gasteiger partial charge in [-0.05, 0) is 60.7 Å². The largest absolute Gasteiger partial charge is 0.497 e. The molecule has 12 heteroatoms. The van der Waals surface area contributed by atoms with Gasteiger partial charge in [-0.15, -0.1) is 0 Å². The smallest absolute Gasteiger partial charge is 0.277 e. The first-order valence-electron chi connectivity index (χ1n) is 14.5. The second kappa shape index (κ2) is 12.3. The zero-order valence-corrected chi connectivity index (χ0v) is 24.0. The molecular formula is C31H34FN7O4. The number of H-pyrrole nitrogens is 1. The van der Waals surface area contributed by atoms with Crippen LogP contribution in [-0.4, -0.2) is 92.6 Å². The summed E-state index contributed by atoms with van der Waals surface area (Å²) in [6.07, 6.45) is 3.74. The van der Waals surface area contributed by atoms with E-state index in [1.54, 1.807) is 27.8 Å². The standard InChI is InChI=1S/C31H34FN7O4/c1-43-25-10-4-22(5-11-25)18-39-29-26(16-33-39)34-27(35-30(29)41)19-38(17-21-2-3-21)28(40)20-36-12-14-37(15-13-36)31(42)23-6-8-24(32)9-7-23/h4-11,16,21H,2-3,12-15,17-20H2,1H3,(H,34,35,41). The van der Waals surface area contributed by atoms with Crippen molar-refractivity contribution in [1.29, 1.82) is 0 Å². The number of rotatable bonds is 10. The summed E-state index contributed by atoms with van der Waals surface area (Å²) in [6, 6.07) is 13.1. The average Bonchev–Trinajstić information content (AvgIpc) is 3.75. The summed E-state index contributed by atoms with van der Waals surface area (Å²) in [4.78, 5) is 52.5. The van der Waals surface area contributed by atoms with E-state index in [-0.39, 0.29) is 36.3 Å². The lowest BCUT2D eigenvalue weighted by molar-refractivity contribution is -0.133. The molecule has 0 atom stereocenters. The number of nitrogens with zero attached hydrogens (tertiary/aromatic N) is 6. The number of benzene rings is 2. The van der Waals surface area contributed by atoms with Gasteiger partial charge in [0.15, 0.2) is 5.52 Å². The molecular weight excluding hydrogens is 553 g/mol. The van der Waals surface area contributed by atoms with Crippen LogP contribution in [0.1, 0.15) is 34.6 Å². The zero-order chi connectivity index (χ0) is 29.9. The molecule has 1 aliphatic heterocycles. The van der Waals surface area contributed by atoms with Gasteiger partial charge in [-0.3, -0.25) is 24.0 Å². The number of hydrogen-bond acceptors (Lipinski definition) is 7. The fourth-order valence-electron chi connectivity index (χ4n) is 5.38. The van der Waals surface area contributed by atoms with Gasteiger partial charge < -0.3 is 19.5 Å². The lowest BCUT2D eigenvalue weighted by Crippen LogP contribution is -2.51. The number of amides is 2. The van der Waals surface area contributed by atoms with Gasteiger partial charge in [-0.1, -0.05) is 12.1 Å². The van der Waals surface area contributed by atoms with E-state index in [4.69, 9.17) is 4.74 Å². The van der Waals surface area contributed by atoms with E-state index in [1.807, 2.05) is 29.2 Å². The van der Waals surface area contributed by atoms with Crippen LogP contribution in [0.2, 0.25) is 0 Å². The van der Waals surface area contributed by atoms with E-state index in [9.17, 15) is 18.8 Å². The highest BCUT2D eigenvalue weighted by atomic mass is 19.1. The number of carbonyl (C=O) groups is 2. The molecule has 3 heterocycles. The summed E-state index contributed by atoms with van der Waals surface area (Å²) in [6.45, 7) is 3.53. The molecule has 1 aliphatic carbocycles. The molecule has 0 bridgehead atoms. The van der Waals surface area contributed by atoms with E-state index >= 15 is 0 Å². The minimum atomic E-state index is -0.380. The van der Waals surface area contributed by atoms with Crippen molar-refractivity contribution in [3.05, 3.63) is 87.9 Å². The van der Waals surface area contributed by atoms with Gasteiger partial charge >= 0.3 is 0 Å². The van der Waals surface area contributed by atoms with Gasteiger partial charge in [-0.25, -0.2) is 9.37 Å². The van der Waals surface area contributed by atoms with Crippen LogP contribution >= 0.6 is 0 Å². The Morgan fingerprint density at radius 3 is 2.44 bits per heavy atom. The Bertz CT molecular complexity index is 1660. The maximum absolute atomic E-state index is 13.5. The Kier molecular flexibility index (Phi) is 8.19. The van der Waals surface area contributed by atoms with Crippen LogP contribution in [0.25, 0.3) is 11.0 Å². The lowest BCUT2D eigenvalue weighted by atomic mass is 10.1. The number of ether oxygens (including phenoxy) is 1. The summed E-state index contributed by atoms with van der Waals surface area (Å²) in [5.41, 5.74) is 1.98. The first-order chi connectivity index (χ1) is 20.9. The molecule has 2 aromatic heterocycles. The third kappa shape index (κ3) is 6.75. The van der Waals surface area contributed by atoms with Gasteiger partial charge in [0.25, 0.3) is 11.5 Å². The molecule has 2 fully saturated rings. The fraction of sp³-hybridized carbons (Fsp3) is 0.387. The Hall–Kier alpha value is -4.58. The maximum atomic E-state index is 13.5. The third-order valence-electron chi connectivity index (χ3n) is 8.02. The molecule has 1 saturated carbocycles. The number of aromatic amines is 1. The van der Waals surface area contributed by atoms with Gasteiger partial charge in [0.05, 0.1) is 32.9 Å². The molecule has 2 amide bonds. The van der Waals surface area contributed by atoms with E-state index in [1.165, 1.54) is 24.3 Å². The quantitative estimate of drug-likeness (QED) is 0.303. The fourth-order valence-corrected chi connectivity index (χ4v) is 5.38. The van der Waals surface area contributed by atoms with Crippen LogP contribution < -0.4 is 10.3 Å². The molecule has 2 aliphatic rings. The number of fused-ring (bicyclic) bond motifs is 1. The van der Waals surface area contributed by atoms with Crippen molar-refractivity contribution in [3.63, 3.8) is 0 Å². The number of hydrogen-bond donors (Lipinski definition) is 1.